The molecule has 2 aromatic rings. The Hall–Kier alpha value is -2.59. The molecule has 3 rings (SSSR count). The Labute approximate surface area is 181 Å². The Bertz CT molecular complexity index is 918. The lowest BCUT2D eigenvalue weighted by Gasteiger charge is -2.42. The van der Waals surface area contributed by atoms with E-state index >= 15 is 0 Å². The molecule has 0 amide bonds. The standard InChI is InChI=1S/C26H32O3Si/c1-6-20-11-13-22(14-12-20)28-19-24(27)29-23-10-8-9-21(7-2)25(23)26(3)15-17-30(4,5)18-16-26/h6-14H,1-2,15-19H2,3-5H3. The molecule has 1 saturated heterocycles. The second-order valence-corrected chi connectivity index (χ2v) is 14.5. The van der Waals surface area contributed by atoms with Crippen molar-refractivity contribution in [1.82, 2.24) is 0 Å². The van der Waals surface area contributed by atoms with Crippen LogP contribution in [0.15, 0.2) is 55.6 Å². The van der Waals surface area contributed by atoms with Gasteiger partial charge in [0, 0.05) is 13.6 Å². The van der Waals surface area contributed by atoms with Gasteiger partial charge in [-0.25, -0.2) is 4.79 Å². The summed E-state index contributed by atoms with van der Waals surface area (Å²) in [5, 5.41) is 0. The van der Waals surface area contributed by atoms with Crippen molar-refractivity contribution in [3.63, 3.8) is 0 Å². The summed E-state index contributed by atoms with van der Waals surface area (Å²) in [6, 6.07) is 15.9. The number of carbonyl (C=O) groups excluding carboxylic acids is 1. The normalized spacial score (nSPS) is 17.0. The molecular formula is C26H32O3Si. The highest BCUT2D eigenvalue weighted by molar-refractivity contribution is 6.77. The largest absolute Gasteiger partial charge is 0.482 e. The van der Waals surface area contributed by atoms with Gasteiger partial charge in [0.05, 0.1) is 0 Å². The van der Waals surface area contributed by atoms with Crippen LogP contribution in [0.4, 0.5) is 0 Å². The van der Waals surface area contributed by atoms with E-state index in [0.717, 1.165) is 29.5 Å². The second-order valence-electron chi connectivity index (χ2n) is 9.19. The Morgan fingerprint density at radius 2 is 1.73 bits per heavy atom. The predicted molar refractivity (Wildman–Crippen MR) is 128 cm³/mol. The van der Waals surface area contributed by atoms with Gasteiger partial charge in [0.1, 0.15) is 11.5 Å². The van der Waals surface area contributed by atoms with Crippen LogP contribution in [0.25, 0.3) is 12.2 Å². The van der Waals surface area contributed by atoms with Crippen LogP contribution >= 0.6 is 0 Å². The summed E-state index contributed by atoms with van der Waals surface area (Å²) < 4.78 is 11.4. The van der Waals surface area contributed by atoms with Gasteiger partial charge in [-0.3, -0.25) is 0 Å². The summed E-state index contributed by atoms with van der Waals surface area (Å²) in [6.45, 7) is 14.8. The zero-order valence-electron chi connectivity index (χ0n) is 18.4. The number of carbonyl (C=O) groups is 1. The van der Waals surface area contributed by atoms with Gasteiger partial charge in [-0.2, -0.15) is 0 Å². The average Bonchev–Trinajstić information content (AvgIpc) is 2.74. The van der Waals surface area contributed by atoms with Crippen LogP contribution in [-0.4, -0.2) is 20.7 Å². The summed E-state index contributed by atoms with van der Waals surface area (Å²) in [6.07, 6.45) is 5.87. The van der Waals surface area contributed by atoms with E-state index in [0.29, 0.717) is 11.5 Å². The lowest BCUT2D eigenvalue weighted by atomic mass is 9.74. The molecule has 0 radical (unpaired) electrons. The lowest BCUT2D eigenvalue weighted by molar-refractivity contribution is -0.136. The molecule has 0 saturated carbocycles. The number of esters is 1. The van der Waals surface area contributed by atoms with Gasteiger partial charge in [0.15, 0.2) is 6.61 Å². The molecule has 1 aliphatic rings. The van der Waals surface area contributed by atoms with Crippen LogP contribution in [0, 0.1) is 0 Å². The molecule has 2 aromatic carbocycles. The molecule has 0 aromatic heterocycles. The highest BCUT2D eigenvalue weighted by atomic mass is 28.3. The lowest BCUT2D eigenvalue weighted by Crippen LogP contribution is -2.38. The highest BCUT2D eigenvalue weighted by Gasteiger charge is 2.39. The third-order valence-electron chi connectivity index (χ3n) is 6.29. The monoisotopic (exact) mass is 420 g/mol. The fourth-order valence-corrected chi connectivity index (χ4v) is 6.88. The molecule has 30 heavy (non-hydrogen) atoms. The first kappa shape index (κ1) is 22.1. The minimum Gasteiger partial charge on any atom is -0.482 e. The summed E-state index contributed by atoms with van der Waals surface area (Å²) in [5.74, 6) is 0.857. The smallest absolute Gasteiger partial charge is 0.349 e. The molecule has 0 atom stereocenters. The van der Waals surface area contributed by atoms with Crippen LogP contribution in [0.1, 0.15) is 36.5 Å². The van der Waals surface area contributed by atoms with E-state index in [4.69, 9.17) is 9.47 Å². The fraction of sp³-hybridized carbons (Fsp3) is 0.346. The summed E-state index contributed by atoms with van der Waals surface area (Å²) >= 11 is 0. The van der Waals surface area contributed by atoms with E-state index < -0.39 is 14.0 Å². The van der Waals surface area contributed by atoms with Gasteiger partial charge in [-0.15, -0.1) is 0 Å². The zero-order chi connectivity index (χ0) is 21.8. The number of hydrogen-bond donors (Lipinski definition) is 0. The number of rotatable bonds is 7. The maximum atomic E-state index is 12.6. The van der Waals surface area contributed by atoms with Crippen molar-refractivity contribution in [3.05, 3.63) is 72.3 Å². The van der Waals surface area contributed by atoms with Crippen LogP contribution in [0.3, 0.4) is 0 Å². The van der Waals surface area contributed by atoms with E-state index in [-0.39, 0.29) is 12.0 Å². The Kier molecular flexibility index (Phi) is 6.66. The maximum Gasteiger partial charge on any atom is 0.349 e. The molecule has 1 fully saturated rings. The molecule has 0 spiro atoms. The van der Waals surface area contributed by atoms with E-state index in [9.17, 15) is 4.79 Å². The quantitative estimate of drug-likeness (QED) is 0.283. The fourth-order valence-electron chi connectivity index (χ4n) is 4.17. The molecule has 158 valence electrons. The average molecular weight is 421 g/mol. The molecule has 0 unspecified atom stereocenters. The second kappa shape index (κ2) is 9.05. The Balaban J connectivity index is 1.76. The van der Waals surface area contributed by atoms with Crippen molar-refractivity contribution in [2.75, 3.05) is 6.61 Å². The first-order valence-electron chi connectivity index (χ1n) is 10.6. The van der Waals surface area contributed by atoms with Gasteiger partial charge in [0.2, 0.25) is 0 Å². The van der Waals surface area contributed by atoms with Gasteiger partial charge in [0.25, 0.3) is 0 Å². The third kappa shape index (κ3) is 5.11. The van der Waals surface area contributed by atoms with E-state index in [1.54, 1.807) is 6.08 Å². The first-order chi connectivity index (χ1) is 14.3. The van der Waals surface area contributed by atoms with E-state index in [2.05, 4.69) is 39.2 Å². The third-order valence-corrected chi connectivity index (χ3v) is 9.49. The van der Waals surface area contributed by atoms with Crippen molar-refractivity contribution in [1.29, 1.82) is 0 Å². The SMILES string of the molecule is C=Cc1ccc(OCC(=O)Oc2cccc(C=C)c2C2(C)CC[Si](C)(C)CC2)cc1. The Morgan fingerprint density at radius 1 is 1.07 bits per heavy atom. The predicted octanol–water partition coefficient (Wildman–Crippen LogP) is 6.72. The minimum absolute atomic E-state index is 0.00963. The topological polar surface area (TPSA) is 35.5 Å². The zero-order valence-corrected chi connectivity index (χ0v) is 19.4. The number of ether oxygens (including phenoxy) is 2. The van der Waals surface area contributed by atoms with Crippen molar-refractivity contribution in [2.45, 2.75) is 50.4 Å². The number of benzene rings is 2. The van der Waals surface area contributed by atoms with Crippen molar-refractivity contribution >= 4 is 26.2 Å². The molecule has 0 bridgehead atoms. The van der Waals surface area contributed by atoms with E-state index in [1.807, 2.05) is 42.5 Å². The Morgan fingerprint density at radius 3 is 2.33 bits per heavy atom. The molecule has 1 aliphatic heterocycles. The van der Waals surface area contributed by atoms with Gasteiger partial charge in [-0.05, 0) is 47.6 Å². The van der Waals surface area contributed by atoms with Crippen LogP contribution < -0.4 is 9.47 Å². The van der Waals surface area contributed by atoms with Crippen LogP contribution in [0.2, 0.25) is 25.2 Å². The molecule has 1 heterocycles. The minimum atomic E-state index is -1.11. The van der Waals surface area contributed by atoms with Gasteiger partial charge < -0.3 is 9.47 Å². The molecule has 4 heteroatoms. The van der Waals surface area contributed by atoms with Crippen LogP contribution in [0.5, 0.6) is 11.5 Å². The number of hydrogen-bond acceptors (Lipinski definition) is 3. The maximum absolute atomic E-state index is 12.6. The summed E-state index contributed by atoms with van der Waals surface area (Å²) in [5.41, 5.74) is 3.14. The molecular weight excluding hydrogens is 388 g/mol. The first-order valence-corrected chi connectivity index (χ1v) is 14.0. The van der Waals surface area contributed by atoms with Crippen molar-refractivity contribution in [2.24, 2.45) is 0 Å². The van der Waals surface area contributed by atoms with Crippen molar-refractivity contribution in [3.8, 4) is 11.5 Å². The molecule has 3 nitrogen and oxygen atoms in total. The van der Waals surface area contributed by atoms with Crippen molar-refractivity contribution < 1.29 is 14.3 Å². The summed E-state index contributed by atoms with van der Waals surface area (Å²) in [4.78, 5) is 12.6. The van der Waals surface area contributed by atoms with Gasteiger partial charge >= 0.3 is 5.97 Å². The molecule has 0 aliphatic carbocycles. The molecule has 0 N–H and O–H groups in total. The highest BCUT2D eigenvalue weighted by Crippen LogP contribution is 2.47. The summed E-state index contributed by atoms with van der Waals surface area (Å²) in [7, 11) is -1.11. The van der Waals surface area contributed by atoms with Gasteiger partial charge in [-0.1, -0.05) is 81.7 Å². The van der Waals surface area contributed by atoms with Crippen LogP contribution in [-0.2, 0) is 10.2 Å². The van der Waals surface area contributed by atoms with E-state index in [1.165, 1.54) is 12.1 Å².